The highest BCUT2D eigenvalue weighted by Crippen LogP contribution is 2.29. The molecule has 1 aliphatic heterocycles. The summed E-state index contributed by atoms with van der Waals surface area (Å²) in [7, 11) is 0. The number of carbonyl (C=O) groups is 1. The highest BCUT2D eigenvalue weighted by atomic mass is 19.3. The Morgan fingerprint density at radius 1 is 1.50 bits per heavy atom. The first-order valence-corrected chi connectivity index (χ1v) is 4.29. The lowest BCUT2D eigenvalue weighted by Crippen LogP contribution is -2.49. The summed E-state index contributed by atoms with van der Waals surface area (Å²) in [6.07, 6.45) is -1.68. The SMILES string of the molecule is O=Cc1ccc(N2CC(C(F)F)C2)o1. The second-order valence-electron chi connectivity index (χ2n) is 3.29. The standard InChI is InChI=1S/C9H9F2NO2/c10-9(11)6-3-12(4-6)8-2-1-7(5-13)14-8/h1-2,5-6,9H,3-4H2. The minimum atomic E-state index is -2.27. The van der Waals surface area contributed by atoms with Crippen LogP contribution >= 0.6 is 0 Å². The summed E-state index contributed by atoms with van der Waals surface area (Å²) in [5.41, 5.74) is 0. The molecule has 1 fully saturated rings. The van der Waals surface area contributed by atoms with E-state index in [2.05, 4.69) is 0 Å². The van der Waals surface area contributed by atoms with E-state index in [9.17, 15) is 13.6 Å². The van der Waals surface area contributed by atoms with Crippen molar-refractivity contribution < 1.29 is 18.0 Å². The van der Waals surface area contributed by atoms with Crippen LogP contribution in [0.3, 0.4) is 0 Å². The maximum atomic E-state index is 12.1. The van der Waals surface area contributed by atoms with Gasteiger partial charge in [-0.25, -0.2) is 8.78 Å². The highest BCUT2D eigenvalue weighted by molar-refractivity contribution is 5.71. The molecule has 0 aliphatic carbocycles. The number of aldehydes is 1. The van der Waals surface area contributed by atoms with Gasteiger partial charge < -0.3 is 9.32 Å². The fourth-order valence-corrected chi connectivity index (χ4v) is 1.43. The van der Waals surface area contributed by atoms with Gasteiger partial charge in [0, 0.05) is 19.2 Å². The maximum Gasteiger partial charge on any atom is 0.244 e. The van der Waals surface area contributed by atoms with Gasteiger partial charge in [-0.1, -0.05) is 0 Å². The molecule has 3 nitrogen and oxygen atoms in total. The number of halogens is 2. The molecule has 0 bridgehead atoms. The van der Waals surface area contributed by atoms with E-state index >= 15 is 0 Å². The number of furan rings is 1. The Hall–Kier alpha value is -1.39. The van der Waals surface area contributed by atoms with Crippen molar-refractivity contribution in [2.24, 2.45) is 5.92 Å². The van der Waals surface area contributed by atoms with Crippen LogP contribution in [0.1, 0.15) is 10.6 Å². The molecule has 0 N–H and O–H groups in total. The molecule has 2 rings (SSSR count). The van der Waals surface area contributed by atoms with Crippen molar-refractivity contribution in [1.82, 2.24) is 0 Å². The largest absolute Gasteiger partial charge is 0.438 e. The Kier molecular flexibility index (Phi) is 2.23. The molecule has 0 unspecified atom stereocenters. The second-order valence-corrected chi connectivity index (χ2v) is 3.29. The van der Waals surface area contributed by atoms with Crippen LogP contribution < -0.4 is 4.90 Å². The lowest BCUT2D eigenvalue weighted by Gasteiger charge is -2.38. The summed E-state index contributed by atoms with van der Waals surface area (Å²) in [5, 5.41) is 0. The predicted molar refractivity (Wildman–Crippen MR) is 45.8 cm³/mol. The smallest absolute Gasteiger partial charge is 0.244 e. The zero-order valence-corrected chi connectivity index (χ0v) is 7.32. The van der Waals surface area contributed by atoms with E-state index in [-0.39, 0.29) is 5.76 Å². The number of alkyl halides is 2. The molecule has 1 aliphatic rings. The fraction of sp³-hybridized carbons (Fsp3) is 0.444. The Morgan fingerprint density at radius 3 is 2.71 bits per heavy atom. The number of carbonyl (C=O) groups excluding carboxylic acids is 1. The number of rotatable bonds is 3. The molecular formula is C9H9F2NO2. The van der Waals surface area contributed by atoms with Crippen LogP contribution in [0.4, 0.5) is 14.7 Å². The van der Waals surface area contributed by atoms with E-state index < -0.39 is 12.3 Å². The first-order valence-electron chi connectivity index (χ1n) is 4.29. The summed E-state index contributed by atoms with van der Waals surface area (Å²) in [6.45, 7) is 0.590. The molecule has 1 aromatic heterocycles. The van der Waals surface area contributed by atoms with Crippen molar-refractivity contribution in [3.05, 3.63) is 17.9 Å². The van der Waals surface area contributed by atoms with Crippen molar-refractivity contribution in [2.75, 3.05) is 18.0 Å². The quantitative estimate of drug-likeness (QED) is 0.699. The monoisotopic (exact) mass is 201 g/mol. The maximum absolute atomic E-state index is 12.1. The van der Waals surface area contributed by atoms with Crippen LogP contribution in [0.5, 0.6) is 0 Å². The fourth-order valence-electron chi connectivity index (χ4n) is 1.43. The van der Waals surface area contributed by atoms with Crippen molar-refractivity contribution in [3.8, 4) is 0 Å². The van der Waals surface area contributed by atoms with Gasteiger partial charge in [-0.05, 0) is 6.07 Å². The minimum absolute atomic E-state index is 0.223. The van der Waals surface area contributed by atoms with Crippen LogP contribution in [0.25, 0.3) is 0 Å². The van der Waals surface area contributed by atoms with Gasteiger partial charge in [0.1, 0.15) is 0 Å². The molecule has 14 heavy (non-hydrogen) atoms. The average molecular weight is 201 g/mol. The summed E-state index contributed by atoms with van der Waals surface area (Å²) >= 11 is 0. The lowest BCUT2D eigenvalue weighted by molar-refractivity contribution is 0.0598. The van der Waals surface area contributed by atoms with Gasteiger partial charge in [0.25, 0.3) is 0 Å². The molecule has 0 saturated carbocycles. The van der Waals surface area contributed by atoms with Gasteiger partial charge in [-0.15, -0.1) is 0 Å². The van der Waals surface area contributed by atoms with Crippen LogP contribution in [0, 0.1) is 5.92 Å². The summed E-state index contributed by atoms with van der Waals surface area (Å²) in [6, 6.07) is 3.14. The Morgan fingerprint density at radius 2 is 2.21 bits per heavy atom. The highest BCUT2D eigenvalue weighted by Gasteiger charge is 2.35. The van der Waals surface area contributed by atoms with E-state index in [1.165, 1.54) is 6.07 Å². The average Bonchev–Trinajstić information content (AvgIpc) is 2.49. The van der Waals surface area contributed by atoms with E-state index in [0.29, 0.717) is 25.3 Å². The van der Waals surface area contributed by atoms with E-state index in [0.717, 1.165) is 0 Å². The zero-order chi connectivity index (χ0) is 10.1. The van der Waals surface area contributed by atoms with E-state index in [1.54, 1.807) is 11.0 Å². The number of nitrogens with zero attached hydrogens (tertiary/aromatic N) is 1. The molecule has 0 aromatic carbocycles. The van der Waals surface area contributed by atoms with Crippen molar-refractivity contribution in [1.29, 1.82) is 0 Å². The van der Waals surface area contributed by atoms with Gasteiger partial charge >= 0.3 is 0 Å². The molecule has 0 atom stereocenters. The Balaban J connectivity index is 1.96. The van der Waals surface area contributed by atoms with Crippen molar-refractivity contribution >= 4 is 12.2 Å². The number of hydrogen-bond donors (Lipinski definition) is 0. The van der Waals surface area contributed by atoms with Crippen molar-refractivity contribution in [2.45, 2.75) is 6.43 Å². The summed E-state index contributed by atoms with van der Waals surface area (Å²) < 4.78 is 29.3. The molecule has 0 radical (unpaired) electrons. The number of hydrogen-bond acceptors (Lipinski definition) is 3. The van der Waals surface area contributed by atoms with Gasteiger partial charge in [0.2, 0.25) is 6.43 Å². The molecule has 1 aromatic rings. The second kappa shape index (κ2) is 3.40. The van der Waals surface area contributed by atoms with Crippen LogP contribution in [0.15, 0.2) is 16.5 Å². The molecule has 0 amide bonds. The summed E-state index contributed by atoms with van der Waals surface area (Å²) in [4.78, 5) is 12.0. The third-order valence-corrected chi connectivity index (χ3v) is 2.31. The summed E-state index contributed by atoms with van der Waals surface area (Å²) in [5.74, 6) is 0.143. The van der Waals surface area contributed by atoms with Gasteiger partial charge in [0.05, 0.1) is 5.92 Å². The van der Waals surface area contributed by atoms with E-state index in [1.807, 2.05) is 0 Å². The molecule has 5 heteroatoms. The number of anilines is 1. The van der Waals surface area contributed by atoms with Crippen molar-refractivity contribution in [3.63, 3.8) is 0 Å². The third kappa shape index (κ3) is 1.49. The molecule has 76 valence electrons. The van der Waals surface area contributed by atoms with Gasteiger partial charge in [-0.2, -0.15) is 0 Å². The zero-order valence-electron chi connectivity index (χ0n) is 7.32. The minimum Gasteiger partial charge on any atom is -0.438 e. The first kappa shape index (κ1) is 9.18. The Bertz CT molecular complexity index is 331. The van der Waals surface area contributed by atoms with Crippen LogP contribution in [-0.4, -0.2) is 25.8 Å². The molecule has 2 heterocycles. The topological polar surface area (TPSA) is 33.5 Å². The van der Waals surface area contributed by atoms with E-state index in [4.69, 9.17) is 4.42 Å². The molecule has 1 saturated heterocycles. The van der Waals surface area contributed by atoms with Crippen LogP contribution in [0.2, 0.25) is 0 Å². The Labute approximate surface area is 79.3 Å². The van der Waals surface area contributed by atoms with Gasteiger partial charge in [0.15, 0.2) is 17.9 Å². The third-order valence-electron chi connectivity index (χ3n) is 2.31. The van der Waals surface area contributed by atoms with Crippen LogP contribution in [-0.2, 0) is 0 Å². The predicted octanol–water partition coefficient (Wildman–Crippen LogP) is 1.79. The van der Waals surface area contributed by atoms with Gasteiger partial charge in [-0.3, -0.25) is 4.79 Å². The lowest BCUT2D eigenvalue weighted by atomic mass is 10.0. The molecule has 0 spiro atoms. The molecular weight excluding hydrogens is 192 g/mol. The normalized spacial score (nSPS) is 17.2. The first-order chi connectivity index (χ1) is 6.70.